The van der Waals surface area contributed by atoms with Gasteiger partial charge >= 0.3 is 0 Å². The lowest BCUT2D eigenvalue weighted by molar-refractivity contribution is 0.168. The van der Waals surface area contributed by atoms with E-state index in [4.69, 9.17) is 0 Å². The maximum absolute atomic E-state index is 9.85. The lowest BCUT2D eigenvalue weighted by atomic mass is 10.1. The van der Waals surface area contributed by atoms with Crippen LogP contribution in [0.15, 0.2) is 30.6 Å². The van der Waals surface area contributed by atoms with Gasteiger partial charge in [0, 0.05) is 11.8 Å². The highest BCUT2D eigenvalue weighted by atomic mass is 16.3. The van der Waals surface area contributed by atoms with Gasteiger partial charge in [-0.3, -0.25) is 0 Å². The van der Waals surface area contributed by atoms with Crippen LogP contribution in [0.5, 0.6) is 0 Å². The molecule has 0 fully saturated rings. The summed E-state index contributed by atoms with van der Waals surface area (Å²) in [7, 11) is 0. The smallest absolute Gasteiger partial charge is 0.0826 e. The van der Waals surface area contributed by atoms with Crippen molar-refractivity contribution in [2.45, 2.75) is 25.9 Å². The minimum absolute atomic E-state index is 0.389. The Morgan fingerprint density at radius 3 is 3.14 bits per heavy atom. The summed E-state index contributed by atoms with van der Waals surface area (Å²) >= 11 is 0. The van der Waals surface area contributed by atoms with Crippen molar-refractivity contribution >= 4 is 5.52 Å². The second kappa shape index (κ2) is 3.80. The third-order valence-electron chi connectivity index (χ3n) is 2.38. The molecular formula is C11H14N2O. The zero-order valence-electron chi connectivity index (χ0n) is 8.22. The molecule has 0 spiro atoms. The van der Waals surface area contributed by atoms with E-state index in [0.717, 1.165) is 23.9 Å². The average molecular weight is 190 g/mol. The summed E-state index contributed by atoms with van der Waals surface area (Å²) in [5.41, 5.74) is 1.92. The molecule has 1 unspecified atom stereocenters. The number of fused-ring (bicyclic) bond motifs is 1. The molecule has 0 aliphatic rings. The third-order valence-corrected chi connectivity index (χ3v) is 2.38. The Labute approximate surface area is 83.0 Å². The molecule has 0 saturated heterocycles. The van der Waals surface area contributed by atoms with E-state index in [1.165, 1.54) is 0 Å². The van der Waals surface area contributed by atoms with Crippen LogP contribution in [-0.4, -0.2) is 14.7 Å². The molecule has 0 aliphatic heterocycles. The summed E-state index contributed by atoms with van der Waals surface area (Å²) in [5, 5.41) is 14.0. The van der Waals surface area contributed by atoms with Crippen LogP contribution in [0.2, 0.25) is 0 Å². The summed E-state index contributed by atoms with van der Waals surface area (Å²) in [5.74, 6) is 0. The van der Waals surface area contributed by atoms with Crippen LogP contribution in [0.25, 0.3) is 5.52 Å². The summed E-state index contributed by atoms with van der Waals surface area (Å²) in [6.45, 7) is 2.06. The highest BCUT2D eigenvalue weighted by Crippen LogP contribution is 2.22. The van der Waals surface area contributed by atoms with Crippen molar-refractivity contribution in [2.75, 3.05) is 0 Å². The minimum Gasteiger partial charge on any atom is -0.388 e. The first-order valence-electron chi connectivity index (χ1n) is 4.93. The number of pyridine rings is 1. The second-order valence-electron chi connectivity index (χ2n) is 3.43. The number of aromatic nitrogens is 2. The molecular weight excluding hydrogens is 176 g/mol. The molecule has 1 atom stereocenters. The first-order chi connectivity index (χ1) is 6.83. The Morgan fingerprint density at radius 1 is 1.50 bits per heavy atom. The Balaban J connectivity index is 2.42. The molecule has 3 nitrogen and oxygen atoms in total. The predicted octanol–water partition coefficient (Wildman–Crippen LogP) is 2.17. The van der Waals surface area contributed by atoms with Crippen molar-refractivity contribution in [3.8, 4) is 0 Å². The van der Waals surface area contributed by atoms with Gasteiger partial charge in [0.05, 0.1) is 17.8 Å². The fraction of sp³-hybridized carbons (Fsp3) is 0.364. The lowest BCUT2D eigenvalue weighted by Gasteiger charge is -2.06. The van der Waals surface area contributed by atoms with Gasteiger partial charge in [-0.25, -0.2) is 4.52 Å². The van der Waals surface area contributed by atoms with E-state index in [9.17, 15) is 5.11 Å². The fourth-order valence-corrected chi connectivity index (χ4v) is 1.64. The summed E-state index contributed by atoms with van der Waals surface area (Å²) in [4.78, 5) is 0. The van der Waals surface area contributed by atoms with E-state index in [1.54, 1.807) is 10.7 Å². The first kappa shape index (κ1) is 9.21. The zero-order chi connectivity index (χ0) is 9.97. The number of rotatable bonds is 3. The maximum Gasteiger partial charge on any atom is 0.0826 e. The molecule has 2 rings (SSSR count). The van der Waals surface area contributed by atoms with Crippen molar-refractivity contribution < 1.29 is 5.11 Å². The van der Waals surface area contributed by atoms with Crippen molar-refractivity contribution in [2.24, 2.45) is 0 Å². The van der Waals surface area contributed by atoms with Crippen LogP contribution in [-0.2, 0) is 0 Å². The van der Waals surface area contributed by atoms with Gasteiger partial charge in [0.2, 0.25) is 0 Å². The Kier molecular flexibility index (Phi) is 2.50. The molecule has 2 heterocycles. The molecule has 1 N–H and O–H groups in total. The van der Waals surface area contributed by atoms with Gasteiger partial charge in [0.15, 0.2) is 0 Å². The molecule has 0 bridgehead atoms. The largest absolute Gasteiger partial charge is 0.388 e. The number of hydrogen-bond acceptors (Lipinski definition) is 2. The molecule has 14 heavy (non-hydrogen) atoms. The summed E-state index contributed by atoms with van der Waals surface area (Å²) in [6, 6.07) is 5.86. The molecule has 2 aromatic heterocycles. The quantitative estimate of drug-likeness (QED) is 0.805. The van der Waals surface area contributed by atoms with Crippen LogP contribution in [0.3, 0.4) is 0 Å². The molecule has 0 aliphatic carbocycles. The third kappa shape index (κ3) is 1.51. The van der Waals surface area contributed by atoms with Gasteiger partial charge in [-0.2, -0.15) is 5.10 Å². The molecule has 3 heteroatoms. The van der Waals surface area contributed by atoms with E-state index < -0.39 is 0 Å². The van der Waals surface area contributed by atoms with Crippen molar-refractivity contribution in [3.05, 3.63) is 36.2 Å². The van der Waals surface area contributed by atoms with Gasteiger partial charge < -0.3 is 5.11 Å². The van der Waals surface area contributed by atoms with Crippen molar-refractivity contribution in [1.82, 2.24) is 9.61 Å². The van der Waals surface area contributed by atoms with E-state index in [1.807, 2.05) is 24.4 Å². The summed E-state index contributed by atoms with van der Waals surface area (Å²) in [6.07, 6.45) is 5.01. The van der Waals surface area contributed by atoms with Gasteiger partial charge in [0.25, 0.3) is 0 Å². The summed E-state index contributed by atoms with van der Waals surface area (Å²) < 4.78 is 1.79. The zero-order valence-corrected chi connectivity index (χ0v) is 8.22. The van der Waals surface area contributed by atoms with E-state index in [0.29, 0.717) is 0 Å². The number of nitrogens with zero attached hydrogens (tertiary/aromatic N) is 2. The molecule has 2 aromatic rings. The van der Waals surface area contributed by atoms with Crippen molar-refractivity contribution in [3.63, 3.8) is 0 Å². The Hall–Kier alpha value is -1.35. The van der Waals surface area contributed by atoms with E-state index in [-0.39, 0.29) is 6.10 Å². The van der Waals surface area contributed by atoms with Crippen LogP contribution in [0.4, 0.5) is 0 Å². The number of aliphatic hydroxyl groups is 1. The molecule has 0 radical (unpaired) electrons. The van der Waals surface area contributed by atoms with Crippen LogP contribution < -0.4 is 0 Å². The maximum atomic E-state index is 9.85. The predicted molar refractivity (Wildman–Crippen MR) is 55.1 cm³/mol. The minimum atomic E-state index is -0.389. The molecule has 0 aromatic carbocycles. The number of aliphatic hydroxyl groups excluding tert-OH is 1. The van der Waals surface area contributed by atoms with Crippen LogP contribution >= 0.6 is 0 Å². The first-order valence-corrected chi connectivity index (χ1v) is 4.93. The molecule has 0 amide bonds. The lowest BCUT2D eigenvalue weighted by Crippen LogP contribution is -1.95. The Morgan fingerprint density at radius 2 is 2.36 bits per heavy atom. The standard InChI is InChI=1S/C11H14N2O/c1-2-5-11(14)9-8-12-13-7-4-3-6-10(9)13/h3-4,6-8,11,14H,2,5H2,1H3. The monoisotopic (exact) mass is 190 g/mol. The van der Waals surface area contributed by atoms with Crippen LogP contribution in [0, 0.1) is 0 Å². The topological polar surface area (TPSA) is 37.5 Å². The van der Waals surface area contributed by atoms with E-state index >= 15 is 0 Å². The van der Waals surface area contributed by atoms with Gasteiger partial charge in [0.1, 0.15) is 0 Å². The average Bonchev–Trinajstić information content (AvgIpc) is 2.61. The number of hydrogen-bond donors (Lipinski definition) is 1. The van der Waals surface area contributed by atoms with Gasteiger partial charge in [-0.1, -0.05) is 19.4 Å². The second-order valence-corrected chi connectivity index (χ2v) is 3.43. The van der Waals surface area contributed by atoms with E-state index in [2.05, 4.69) is 12.0 Å². The Bertz CT molecular complexity index is 422. The highest BCUT2D eigenvalue weighted by molar-refractivity contribution is 5.54. The molecule has 0 saturated carbocycles. The molecule has 74 valence electrons. The SMILES string of the molecule is CCCC(O)c1cnn2ccccc12. The van der Waals surface area contributed by atoms with Gasteiger partial charge in [-0.05, 0) is 18.6 Å². The highest BCUT2D eigenvalue weighted by Gasteiger charge is 2.11. The van der Waals surface area contributed by atoms with Crippen LogP contribution in [0.1, 0.15) is 31.4 Å². The van der Waals surface area contributed by atoms with Crippen molar-refractivity contribution in [1.29, 1.82) is 0 Å². The fourth-order valence-electron chi connectivity index (χ4n) is 1.64. The van der Waals surface area contributed by atoms with Gasteiger partial charge in [-0.15, -0.1) is 0 Å². The normalized spacial score (nSPS) is 13.3.